The second kappa shape index (κ2) is 8.81. The highest BCUT2D eigenvalue weighted by Gasteiger charge is 2.13. The van der Waals surface area contributed by atoms with Gasteiger partial charge in [0.05, 0.1) is 14.2 Å². The van der Waals surface area contributed by atoms with Gasteiger partial charge in [-0.15, -0.1) is 23.2 Å². The first kappa shape index (κ1) is 19.1. The van der Waals surface area contributed by atoms with E-state index in [1.54, 1.807) is 14.2 Å². The molecule has 3 aromatic rings. The number of rotatable bonds is 8. The van der Waals surface area contributed by atoms with Crippen molar-refractivity contribution in [2.45, 2.75) is 6.54 Å². The molecule has 0 spiro atoms. The maximum atomic E-state index is 5.97. The van der Waals surface area contributed by atoms with Gasteiger partial charge in [-0.25, -0.2) is 0 Å². The first-order valence-electron chi connectivity index (χ1n) is 8.62. The third-order valence-corrected chi connectivity index (χ3v) is 4.98. The van der Waals surface area contributed by atoms with Gasteiger partial charge in [0.15, 0.2) is 11.5 Å². The van der Waals surface area contributed by atoms with E-state index in [1.165, 1.54) is 16.3 Å². The summed E-state index contributed by atoms with van der Waals surface area (Å²) in [5, 5.41) is 4.73. The van der Waals surface area contributed by atoms with Crippen molar-refractivity contribution in [3.63, 3.8) is 0 Å². The zero-order valence-corrected chi connectivity index (χ0v) is 16.6. The molecule has 0 fully saturated rings. The molecule has 138 valence electrons. The van der Waals surface area contributed by atoms with Crippen molar-refractivity contribution in [3.8, 4) is 11.5 Å². The maximum Gasteiger partial charge on any atom is 0.161 e. The van der Waals surface area contributed by atoms with E-state index in [0.29, 0.717) is 11.8 Å². The van der Waals surface area contributed by atoms with Gasteiger partial charge in [0, 0.05) is 31.4 Å². The molecule has 26 heavy (non-hydrogen) atoms. The average molecular weight is 392 g/mol. The molecule has 5 heteroatoms. The molecule has 0 radical (unpaired) electrons. The molecule has 0 unspecified atom stereocenters. The summed E-state index contributed by atoms with van der Waals surface area (Å²) in [4.78, 5) is 2.29. The molecule has 0 aliphatic carbocycles. The lowest BCUT2D eigenvalue weighted by molar-refractivity contribution is 0.300. The van der Waals surface area contributed by atoms with E-state index in [-0.39, 0.29) is 0 Å². The van der Waals surface area contributed by atoms with E-state index in [2.05, 4.69) is 41.3 Å². The Morgan fingerprint density at radius 1 is 0.808 bits per heavy atom. The van der Waals surface area contributed by atoms with E-state index in [9.17, 15) is 0 Å². The molecule has 0 bridgehead atoms. The summed E-state index contributed by atoms with van der Waals surface area (Å²) in [7, 11) is 3.32. The van der Waals surface area contributed by atoms with Crippen molar-refractivity contribution < 1.29 is 9.47 Å². The molecular weight excluding hydrogens is 369 g/mol. The molecule has 0 aromatic heterocycles. The lowest BCUT2D eigenvalue weighted by atomic mass is 9.96. The van der Waals surface area contributed by atoms with Crippen molar-refractivity contribution in [2.75, 3.05) is 39.1 Å². The van der Waals surface area contributed by atoms with Gasteiger partial charge in [0.2, 0.25) is 0 Å². The first-order chi connectivity index (χ1) is 12.7. The molecule has 3 rings (SSSR count). The van der Waals surface area contributed by atoms with Crippen LogP contribution in [0.5, 0.6) is 11.5 Å². The molecule has 0 aliphatic heterocycles. The number of ether oxygens (including phenoxy) is 2. The van der Waals surface area contributed by atoms with E-state index in [0.717, 1.165) is 41.9 Å². The zero-order valence-electron chi connectivity index (χ0n) is 15.1. The van der Waals surface area contributed by atoms with E-state index < -0.39 is 0 Å². The number of nitrogens with zero attached hydrogens (tertiary/aromatic N) is 1. The Hall–Kier alpha value is -1.68. The number of hydrogen-bond acceptors (Lipinski definition) is 3. The summed E-state index contributed by atoms with van der Waals surface area (Å²) in [6.07, 6.45) is 0. The van der Waals surface area contributed by atoms with Crippen LogP contribution in [0.4, 0.5) is 0 Å². The minimum atomic E-state index is 0.591. The third-order valence-electron chi connectivity index (χ3n) is 4.64. The van der Waals surface area contributed by atoms with Crippen molar-refractivity contribution in [1.82, 2.24) is 4.90 Å². The molecule has 0 heterocycles. The van der Waals surface area contributed by atoms with Crippen LogP contribution in [-0.2, 0) is 6.54 Å². The number of benzene rings is 3. The smallest absolute Gasteiger partial charge is 0.161 e. The monoisotopic (exact) mass is 391 g/mol. The van der Waals surface area contributed by atoms with Crippen molar-refractivity contribution >= 4 is 44.7 Å². The Morgan fingerprint density at radius 3 is 2.04 bits per heavy atom. The molecule has 0 amide bonds. The first-order valence-corrected chi connectivity index (χ1v) is 9.69. The molecular formula is C21H23Cl2NO2. The third kappa shape index (κ3) is 3.85. The minimum Gasteiger partial charge on any atom is -0.493 e. The number of methoxy groups -OCH3 is 2. The van der Waals surface area contributed by atoms with Crippen LogP contribution in [0.2, 0.25) is 0 Å². The SMILES string of the molecule is COc1cc2cc(CN(CCCl)CCCl)c3ccccc3c2cc1OC. The van der Waals surface area contributed by atoms with E-state index in [4.69, 9.17) is 32.7 Å². The average Bonchev–Trinajstić information content (AvgIpc) is 2.67. The Balaban J connectivity index is 2.18. The quantitative estimate of drug-likeness (QED) is 0.384. The van der Waals surface area contributed by atoms with Crippen LogP contribution >= 0.6 is 23.2 Å². The van der Waals surface area contributed by atoms with Gasteiger partial charge >= 0.3 is 0 Å². The summed E-state index contributed by atoms with van der Waals surface area (Å²) in [6, 6.07) is 14.8. The Kier molecular flexibility index (Phi) is 6.47. The topological polar surface area (TPSA) is 21.7 Å². The van der Waals surface area contributed by atoms with Gasteiger partial charge in [-0.05, 0) is 45.3 Å². The second-order valence-corrected chi connectivity index (χ2v) is 6.92. The fraction of sp³-hybridized carbons (Fsp3) is 0.333. The molecule has 0 N–H and O–H groups in total. The second-order valence-electron chi connectivity index (χ2n) is 6.16. The van der Waals surface area contributed by atoms with Gasteiger partial charge in [-0.1, -0.05) is 24.3 Å². The predicted octanol–water partition coefficient (Wildman–Crippen LogP) is 5.29. The van der Waals surface area contributed by atoms with Gasteiger partial charge in [-0.3, -0.25) is 4.90 Å². The van der Waals surface area contributed by atoms with Gasteiger partial charge in [-0.2, -0.15) is 0 Å². The van der Waals surface area contributed by atoms with Crippen molar-refractivity contribution in [3.05, 3.63) is 48.0 Å². The van der Waals surface area contributed by atoms with Crippen LogP contribution in [0.3, 0.4) is 0 Å². The molecule has 0 atom stereocenters. The van der Waals surface area contributed by atoms with Gasteiger partial charge in [0.1, 0.15) is 0 Å². The Morgan fingerprint density at radius 2 is 1.42 bits per heavy atom. The largest absolute Gasteiger partial charge is 0.493 e. The molecule has 3 nitrogen and oxygen atoms in total. The molecule has 0 aliphatic rings. The lowest BCUT2D eigenvalue weighted by Crippen LogP contribution is -2.27. The summed E-state index contributed by atoms with van der Waals surface area (Å²) < 4.78 is 11.0. The standard InChI is InChI=1S/C21H23Cl2NO2/c1-25-20-12-15-11-16(14-24(9-7-22)10-8-23)17-5-3-4-6-18(17)19(15)13-21(20)26-2/h3-6,11-13H,7-10,14H2,1-2H3. The van der Waals surface area contributed by atoms with E-state index >= 15 is 0 Å². The fourth-order valence-electron chi connectivity index (χ4n) is 3.39. The van der Waals surface area contributed by atoms with Crippen LogP contribution in [-0.4, -0.2) is 44.0 Å². The Bertz CT molecular complexity index is 892. The predicted molar refractivity (Wildman–Crippen MR) is 111 cm³/mol. The summed E-state index contributed by atoms with van der Waals surface area (Å²) >= 11 is 11.9. The molecule has 3 aromatic carbocycles. The number of halogens is 2. The van der Waals surface area contributed by atoms with Crippen LogP contribution < -0.4 is 9.47 Å². The Labute approximate surface area is 164 Å². The zero-order chi connectivity index (χ0) is 18.5. The minimum absolute atomic E-state index is 0.591. The molecule has 0 saturated heterocycles. The van der Waals surface area contributed by atoms with Crippen LogP contribution in [0, 0.1) is 0 Å². The normalized spacial score (nSPS) is 11.4. The van der Waals surface area contributed by atoms with Gasteiger partial charge in [0.25, 0.3) is 0 Å². The maximum absolute atomic E-state index is 5.97. The van der Waals surface area contributed by atoms with Crippen LogP contribution in [0.15, 0.2) is 42.5 Å². The molecule has 0 saturated carbocycles. The van der Waals surface area contributed by atoms with Gasteiger partial charge < -0.3 is 9.47 Å². The number of alkyl halides is 2. The summed E-state index contributed by atoms with van der Waals surface area (Å²) in [5.74, 6) is 2.66. The summed E-state index contributed by atoms with van der Waals surface area (Å²) in [5.41, 5.74) is 1.26. The lowest BCUT2D eigenvalue weighted by Gasteiger charge is -2.22. The van der Waals surface area contributed by atoms with Crippen LogP contribution in [0.1, 0.15) is 5.56 Å². The number of hydrogen-bond donors (Lipinski definition) is 0. The highest BCUT2D eigenvalue weighted by Crippen LogP contribution is 2.37. The fourth-order valence-corrected chi connectivity index (χ4v) is 3.87. The highest BCUT2D eigenvalue weighted by atomic mass is 35.5. The van der Waals surface area contributed by atoms with Crippen molar-refractivity contribution in [2.24, 2.45) is 0 Å². The van der Waals surface area contributed by atoms with Crippen LogP contribution in [0.25, 0.3) is 21.5 Å². The summed E-state index contributed by atoms with van der Waals surface area (Å²) in [6.45, 7) is 2.43. The highest BCUT2D eigenvalue weighted by molar-refractivity contribution is 6.18. The van der Waals surface area contributed by atoms with Crippen molar-refractivity contribution in [1.29, 1.82) is 0 Å². The van der Waals surface area contributed by atoms with E-state index in [1.807, 2.05) is 6.07 Å². The number of fused-ring (bicyclic) bond motifs is 3.